The van der Waals surface area contributed by atoms with Crippen LogP contribution in [0.25, 0.3) is 0 Å². The van der Waals surface area contributed by atoms with Crippen LogP contribution >= 0.6 is 23.2 Å². The number of ketones is 2. The molecule has 1 heterocycles. The van der Waals surface area contributed by atoms with Gasteiger partial charge in [0.25, 0.3) is 0 Å². The highest BCUT2D eigenvalue weighted by molar-refractivity contribution is 6.37. The van der Waals surface area contributed by atoms with Gasteiger partial charge in [0.1, 0.15) is 6.61 Å². The van der Waals surface area contributed by atoms with Gasteiger partial charge in [-0.3, -0.25) is 9.59 Å². The van der Waals surface area contributed by atoms with Crippen LogP contribution in [0.4, 0.5) is 0 Å². The van der Waals surface area contributed by atoms with Crippen molar-refractivity contribution in [3.63, 3.8) is 0 Å². The zero-order chi connectivity index (χ0) is 32.0. The summed E-state index contributed by atoms with van der Waals surface area (Å²) in [6.07, 6.45) is 2.97. The van der Waals surface area contributed by atoms with Crippen molar-refractivity contribution >= 4 is 40.7 Å². The number of rotatable bonds is 9. The molecule has 0 saturated carbocycles. The summed E-state index contributed by atoms with van der Waals surface area (Å²) >= 11 is 13.6. The number of methoxy groups -OCH3 is 1. The minimum Gasteiger partial charge on any atom is -0.486 e. The maximum absolute atomic E-state index is 14.0. The summed E-state index contributed by atoms with van der Waals surface area (Å²) in [5.74, 6) is -1.21. The van der Waals surface area contributed by atoms with Crippen LogP contribution in [0, 0.1) is 10.8 Å². The lowest BCUT2D eigenvalue weighted by molar-refractivity contribution is -0.119. The number of hydrogen-bond acceptors (Lipinski definition) is 6. The van der Waals surface area contributed by atoms with Gasteiger partial charge in [-0.25, -0.2) is 4.79 Å². The third-order valence-corrected chi connectivity index (χ3v) is 9.25. The predicted octanol–water partition coefficient (Wildman–Crippen LogP) is 7.99. The topological polar surface area (TPSA) is 93.1 Å². The number of carbonyl (C=O) groups excluding carboxylic acids is 2. The predicted molar refractivity (Wildman–Crippen MR) is 170 cm³/mol. The molecule has 0 saturated heterocycles. The van der Waals surface area contributed by atoms with Crippen molar-refractivity contribution in [1.82, 2.24) is 4.90 Å². The molecule has 9 heteroatoms. The molecule has 2 aromatic rings. The van der Waals surface area contributed by atoms with E-state index in [2.05, 4.69) is 32.6 Å². The van der Waals surface area contributed by atoms with Crippen molar-refractivity contribution in [2.75, 3.05) is 20.3 Å². The van der Waals surface area contributed by atoms with Crippen LogP contribution in [-0.2, 0) is 20.9 Å². The van der Waals surface area contributed by atoms with Crippen molar-refractivity contribution < 1.29 is 29.0 Å². The lowest BCUT2D eigenvalue weighted by Gasteiger charge is -2.49. The van der Waals surface area contributed by atoms with Crippen molar-refractivity contribution in [3.05, 3.63) is 85.7 Å². The minimum atomic E-state index is -1.00. The smallest absolute Gasteiger partial charge is 0.335 e. The van der Waals surface area contributed by atoms with E-state index in [9.17, 15) is 14.4 Å². The summed E-state index contributed by atoms with van der Waals surface area (Å²) in [6, 6.07) is 9.89. The molecule has 3 aliphatic rings. The molecule has 0 radical (unpaired) electrons. The van der Waals surface area contributed by atoms with Crippen LogP contribution < -0.4 is 4.74 Å². The van der Waals surface area contributed by atoms with Crippen LogP contribution in [0.15, 0.2) is 58.9 Å². The molecule has 7 nitrogen and oxygen atoms in total. The van der Waals surface area contributed by atoms with Gasteiger partial charge in [-0.2, -0.15) is 0 Å². The van der Waals surface area contributed by atoms with Crippen LogP contribution in [0.2, 0.25) is 10.0 Å². The molecule has 0 atom stereocenters. The molecule has 0 fully saturated rings. The quantitative estimate of drug-likeness (QED) is 0.278. The normalized spacial score (nSPS) is 19.7. The fourth-order valence-corrected chi connectivity index (χ4v) is 7.41. The van der Waals surface area contributed by atoms with Gasteiger partial charge in [0.05, 0.1) is 15.6 Å². The summed E-state index contributed by atoms with van der Waals surface area (Å²) in [7, 11) is 1.68. The Labute approximate surface area is 268 Å². The van der Waals surface area contributed by atoms with Crippen molar-refractivity contribution in [1.29, 1.82) is 0 Å². The Morgan fingerprint density at radius 2 is 1.43 bits per heavy atom. The zero-order valence-electron chi connectivity index (χ0n) is 25.9. The monoisotopic (exact) mass is 639 g/mol. The Morgan fingerprint density at radius 1 is 0.909 bits per heavy atom. The van der Waals surface area contributed by atoms with E-state index in [1.165, 1.54) is 12.1 Å². The largest absolute Gasteiger partial charge is 0.486 e. The summed E-state index contributed by atoms with van der Waals surface area (Å²) in [5, 5.41) is 9.70. The van der Waals surface area contributed by atoms with E-state index in [1.807, 2.05) is 0 Å². The highest BCUT2D eigenvalue weighted by Gasteiger charge is 2.49. The SMILES string of the molecule is COCCCN1C2=C(C(=O)CC(C)(C)C2)C(c2cc(Cl)c(OCc3ccc(C(=O)O)cc3)c(Cl)c2)C2=C1CC(C)(C)CC2=O. The molecule has 1 aliphatic heterocycles. The van der Waals surface area contributed by atoms with Gasteiger partial charge < -0.3 is 19.5 Å². The van der Waals surface area contributed by atoms with E-state index < -0.39 is 11.9 Å². The van der Waals surface area contributed by atoms with E-state index in [0.717, 1.165) is 23.4 Å². The minimum absolute atomic E-state index is 0.0413. The third-order valence-electron chi connectivity index (χ3n) is 8.69. The van der Waals surface area contributed by atoms with Crippen molar-refractivity contribution in [2.24, 2.45) is 10.8 Å². The average molecular weight is 641 g/mol. The van der Waals surface area contributed by atoms with Gasteiger partial charge in [-0.15, -0.1) is 0 Å². The van der Waals surface area contributed by atoms with Crippen LogP contribution in [0.1, 0.15) is 87.2 Å². The first-order chi connectivity index (χ1) is 20.7. The number of carbonyl (C=O) groups is 3. The van der Waals surface area contributed by atoms with Gasteiger partial charge in [0.2, 0.25) is 0 Å². The summed E-state index contributed by atoms with van der Waals surface area (Å²) in [4.78, 5) is 41.4. The van der Waals surface area contributed by atoms with E-state index in [-0.39, 0.29) is 50.4 Å². The Morgan fingerprint density at radius 3 is 1.91 bits per heavy atom. The van der Waals surface area contributed by atoms with Gasteiger partial charge >= 0.3 is 5.97 Å². The second-order valence-corrected chi connectivity index (χ2v) is 14.5. The zero-order valence-corrected chi connectivity index (χ0v) is 27.4. The fraction of sp³-hybridized carbons (Fsp3) is 0.457. The van der Waals surface area contributed by atoms with E-state index in [4.69, 9.17) is 37.8 Å². The number of benzene rings is 2. The fourth-order valence-electron chi connectivity index (χ4n) is 6.80. The van der Waals surface area contributed by atoms with Crippen LogP contribution in [-0.4, -0.2) is 47.8 Å². The number of carboxylic acids is 1. The van der Waals surface area contributed by atoms with Gasteiger partial charge in [-0.05, 0) is 65.5 Å². The molecule has 0 aromatic heterocycles. The van der Waals surface area contributed by atoms with Gasteiger partial charge in [0.15, 0.2) is 17.3 Å². The van der Waals surface area contributed by atoms with E-state index >= 15 is 0 Å². The van der Waals surface area contributed by atoms with Crippen LogP contribution in [0.5, 0.6) is 5.75 Å². The number of carboxylic acid groups (broad SMARTS) is 1. The molecule has 0 unspecified atom stereocenters. The Kier molecular flexibility index (Phi) is 9.05. The molecule has 5 rings (SSSR count). The maximum Gasteiger partial charge on any atom is 0.335 e. The second kappa shape index (κ2) is 12.3. The first-order valence-corrected chi connectivity index (χ1v) is 15.7. The summed E-state index contributed by atoms with van der Waals surface area (Å²) in [5.41, 5.74) is 4.47. The molecular formula is C35H39Cl2NO6. The second-order valence-electron chi connectivity index (χ2n) is 13.6. The number of Topliss-reactive ketones (excluding diaryl/α,β-unsaturated/α-hetero) is 2. The van der Waals surface area contributed by atoms with Crippen molar-refractivity contribution in [2.45, 2.75) is 72.3 Å². The molecule has 0 spiro atoms. The molecule has 2 aromatic carbocycles. The molecule has 1 N–H and O–H groups in total. The standard InChI is InChI=1S/C35H39Cl2NO6/c1-34(2)15-25-30(27(39)17-34)29(31-26(38(25)11-6-12-43-5)16-35(3,4)18-28(31)40)22-13-23(36)32(24(37)14-22)44-19-20-7-9-21(10-8-20)33(41)42/h7-10,13-14,29H,6,11-12,15-19H2,1-5H3,(H,41,42). The molecule has 44 heavy (non-hydrogen) atoms. The lowest BCUT2D eigenvalue weighted by Crippen LogP contribution is -2.44. The number of halogens is 2. The highest BCUT2D eigenvalue weighted by Crippen LogP contribution is 2.55. The Bertz CT molecular complexity index is 1490. The number of aromatic carboxylic acids is 1. The summed E-state index contributed by atoms with van der Waals surface area (Å²) < 4.78 is 11.4. The van der Waals surface area contributed by atoms with Gasteiger partial charge in [-0.1, -0.05) is 63.0 Å². The Hall–Kier alpha value is -3.13. The molecule has 234 valence electrons. The lowest BCUT2D eigenvalue weighted by atomic mass is 9.63. The van der Waals surface area contributed by atoms with Crippen LogP contribution in [0.3, 0.4) is 0 Å². The number of hydrogen-bond donors (Lipinski definition) is 1. The first kappa shape index (κ1) is 32.3. The van der Waals surface area contributed by atoms with E-state index in [1.54, 1.807) is 31.4 Å². The average Bonchev–Trinajstić information content (AvgIpc) is 2.92. The third kappa shape index (κ3) is 6.46. The first-order valence-electron chi connectivity index (χ1n) is 14.9. The molecular weight excluding hydrogens is 601 g/mol. The molecule has 0 amide bonds. The van der Waals surface area contributed by atoms with E-state index in [0.29, 0.717) is 55.5 Å². The summed E-state index contributed by atoms with van der Waals surface area (Å²) in [6.45, 7) is 9.84. The number of ether oxygens (including phenoxy) is 2. The van der Waals surface area contributed by atoms with Crippen molar-refractivity contribution in [3.8, 4) is 5.75 Å². The highest BCUT2D eigenvalue weighted by atomic mass is 35.5. The number of nitrogens with zero attached hydrogens (tertiary/aromatic N) is 1. The molecule has 2 aliphatic carbocycles. The maximum atomic E-state index is 14.0. The Balaban J connectivity index is 1.58. The molecule has 0 bridgehead atoms. The van der Waals surface area contributed by atoms with Gasteiger partial charge in [0, 0.05) is 61.6 Å². The number of allylic oxidation sites excluding steroid dienone is 4.